The van der Waals surface area contributed by atoms with Crippen molar-refractivity contribution >= 4 is 27.0 Å². The third-order valence-corrected chi connectivity index (χ3v) is 3.01. The monoisotopic (exact) mass is 280 g/mol. The first kappa shape index (κ1) is 11.5. The van der Waals surface area contributed by atoms with Gasteiger partial charge in [0.1, 0.15) is 10.3 Å². The third kappa shape index (κ3) is 2.23. The molecule has 1 aromatic heterocycles. The van der Waals surface area contributed by atoms with Gasteiger partial charge in [-0.3, -0.25) is 0 Å². The van der Waals surface area contributed by atoms with Gasteiger partial charge >= 0.3 is 0 Å². The van der Waals surface area contributed by atoms with E-state index in [1.807, 2.05) is 31.2 Å². The van der Waals surface area contributed by atoms with Crippen molar-refractivity contribution < 1.29 is 5.11 Å². The average molecular weight is 281 g/mol. The van der Waals surface area contributed by atoms with Crippen molar-refractivity contribution in [2.45, 2.75) is 25.9 Å². The van der Waals surface area contributed by atoms with Crippen LogP contribution >= 0.6 is 15.9 Å². The van der Waals surface area contributed by atoms with Gasteiger partial charge in [0.25, 0.3) is 0 Å². The lowest BCUT2D eigenvalue weighted by Gasteiger charge is -2.10. The molecule has 1 N–H and O–H groups in total. The standard InChI is InChI=1S/C12H13BrN2O/c1-2-5-10(16)11-12(13)15-9-7-4-3-6-8(9)14-11/h3-4,6-7,10,16H,2,5H2,1H3/t10-/m0/s1. The summed E-state index contributed by atoms with van der Waals surface area (Å²) in [5, 5.41) is 9.93. The molecule has 1 heterocycles. The highest BCUT2D eigenvalue weighted by atomic mass is 79.9. The molecular formula is C12H13BrN2O. The Balaban J connectivity index is 2.49. The van der Waals surface area contributed by atoms with Crippen molar-refractivity contribution in [2.75, 3.05) is 0 Å². The fraction of sp³-hybridized carbons (Fsp3) is 0.333. The lowest BCUT2D eigenvalue weighted by molar-refractivity contribution is 0.161. The van der Waals surface area contributed by atoms with Crippen LogP contribution in [0.15, 0.2) is 28.9 Å². The molecule has 2 rings (SSSR count). The Labute approximate surface area is 103 Å². The minimum atomic E-state index is -0.545. The molecule has 0 saturated heterocycles. The molecule has 0 radical (unpaired) electrons. The zero-order valence-corrected chi connectivity index (χ0v) is 10.6. The number of fused-ring (bicyclic) bond motifs is 1. The number of halogens is 1. The maximum Gasteiger partial charge on any atom is 0.131 e. The van der Waals surface area contributed by atoms with Crippen LogP contribution in [0.4, 0.5) is 0 Å². The van der Waals surface area contributed by atoms with Crippen molar-refractivity contribution in [2.24, 2.45) is 0 Å². The Kier molecular flexibility index (Phi) is 3.51. The summed E-state index contributed by atoms with van der Waals surface area (Å²) in [5.74, 6) is 0. The van der Waals surface area contributed by atoms with E-state index >= 15 is 0 Å². The van der Waals surface area contributed by atoms with Gasteiger partial charge in [0.15, 0.2) is 0 Å². The molecule has 0 fully saturated rings. The fourth-order valence-electron chi connectivity index (χ4n) is 1.61. The predicted octanol–water partition coefficient (Wildman–Crippen LogP) is 3.23. The minimum absolute atomic E-state index is 0.545. The molecule has 0 aliphatic heterocycles. The highest BCUT2D eigenvalue weighted by molar-refractivity contribution is 9.10. The van der Waals surface area contributed by atoms with Crippen LogP contribution in [0.25, 0.3) is 11.0 Å². The molecule has 0 aliphatic rings. The molecule has 0 aliphatic carbocycles. The average Bonchev–Trinajstić information content (AvgIpc) is 2.28. The van der Waals surface area contributed by atoms with E-state index in [1.54, 1.807) is 0 Å². The van der Waals surface area contributed by atoms with E-state index < -0.39 is 6.10 Å². The number of hydrogen-bond acceptors (Lipinski definition) is 3. The van der Waals surface area contributed by atoms with E-state index in [-0.39, 0.29) is 0 Å². The molecule has 16 heavy (non-hydrogen) atoms. The maximum atomic E-state index is 9.93. The maximum absolute atomic E-state index is 9.93. The van der Waals surface area contributed by atoms with Crippen LogP contribution in [0.1, 0.15) is 31.6 Å². The second-order valence-electron chi connectivity index (χ2n) is 3.69. The first-order valence-corrected chi connectivity index (χ1v) is 6.12. The quantitative estimate of drug-likeness (QED) is 0.939. The van der Waals surface area contributed by atoms with Gasteiger partial charge in [0.2, 0.25) is 0 Å². The van der Waals surface area contributed by atoms with Crippen molar-refractivity contribution in [1.29, 1.82) is 0 Å². The molecule has 1 atom stereocenters. The van der Waals surface area contributed by atoms with Gasteiger partial charge in [-0.1, -0.05) is 25.5 Å². The summed E-state index contributed by atoms with van der Waals surface area (Å²) < 4.78 is 0.632. The molecule has 0 saturated carbocycles. The number of nitrogens with zero attached hydrogens (tertiary/aromatic N) is 2. The zero-order valence-electron chi connectivity index (χ0n) is 9.02. The summed E-state index contributed by atoms with van der Waals surface area (Å²) in [6.45, 7) is 2.03. The van der Waals surface area contributed by atoms with Gasteiger partial charge < -0.3 is 5.11 Å². The second-order valence-corrected chi connectivity index (χ2v) is 4.44. The van der Waals surface area contributed by atoms with E-state index in [0.29, 0.717) is 16.7 Å². The van der Waals surface area contributed by atoms with E-state index in [9.17, 15) is 5.11 Å². The molecule has 84 valence electrons. The SMILES string of the molecule is CCC[C@H](O)c1nc2ccccc2nc1Br. The molecule has 0 amide bonds. The first-order valence-electron chi connectivity index (χ1n) is 5.32. The number of para-hydroxylation sites is 2. The molecule has 1 aromatic carbocycles. The van der Waals surface area contributed by atoms with Crippen molar-refractivity contribution in [3.8, 4) is 0 Å². The Hall–Kier alpha value is -1.00. The zero-order chi connectivity index (χ0) is 11.5. The summed E-state index contributed by atoms with van der Waals surface area (Å²) in [6.07, 6.45) is 1.07. The summed E-state index contributed by atoms with van der Waals surface area (Å²) >= 11 is 3.35. The highest BCUT2D eigenvalue weighted by Gasteiger charge is 2.14. The Morgan fingerprint density at radius 2 is 1.88 bits per heavy atom. The van der Waals surface area contributed by atoms with Crippen molar-refractivity contribution in [1.82, 2.24) is 9.97 Å². The van der Waals surface area contributed by atoms with Gasteiger partial charge in [-0.25, -0.2) is 9.97 Å². The highest BCUT2D eigenvalue weighted by Crippen LogP contribution is 2.25. The number of hydrogen-bond donors (Lipinski definition) is 1. The molecule has 0 bridgehead atoms. The smallest absolute Gasteiger partial charge is 0.131 e. The fourth-order valence-corrected chi connectivity index (χ4v) is 2.16. The van der Waals surface area contributed by atoms with Gasteiger partial charge in [-0.2, -0.15) is 0 Å². The summed E-state index contributed by atoms with van der Waals surface area (Å²) in [5.41, 5.74) is 2.28. The van der Waals surface area contributed by atoms with E-state index in [0.717, 1.165) is 17.5 Å². The van der Waals surface area contributed by atoms with Gasteiger partial charge in [-0.05, 0) is 34.5 Å². The topological polar surface area (TPSA) is 46.0 Å². The molecule has 4 heteroatoms. The number of rotatable bonds is 3. The van der Waals surface area contributed by atoms with Gasteiger partial charge in [0.05, 0.1) is 17.1 Å². The third-order valence-electron chi connectivity index (χ3n) is 2.43. The number of benzene rings is 1. The Morgan fingerprint density at radius 1 is 1.25 bits per heavy atom. The van der Waals surface area contributed by atoms with E-state index in [2.05, 4.69) is 25.9 Å². The molecule has 0 unspecified atom stereocenters. The Morgan fingerprint density at radius 3 is 2.50 bits per heavy atom. The van der Waals surface area contributed by atoms with Crippen LogP contribution in [-0.4, -0.2) is 15.1 Å². The van der Waals surface area contributed by atoms with Crippen LogP contribution in [0.2, 0.25) is 0 Å². The Bertz CT molecular complexity index is 501. The van der Waals surface area contributed by atoms with Crippen LogP contribution in [0, 0.1) is 0 Å². The van der Waals surface area contributed by atoms with Crippen molar-refractivity contribution in [3.63, 3.8) is 0 Å². The van der Waals surface area contributed by atoms with Gasteiger partial charge in [-0.15, -0.1) is 0 Å². The summed E-state index contributed by atoms with van der Waals surface area (Å²) in [7, 11) is 0. The van der Waals surface area contributed by atoms with Gasteiger partial charge in [0, 0.05) is 0 Å². The number of aromatic nitrogens is 2. The lowest BCUT2D eigenvalue weighted by Crippen LogP contribution is -2.03. The largest absolute Gasteiger partial charge is 0.387 e. The summed E-state index contributed by atoms with van der Waals surface area (Å²) in [4.78, 5) is 8.81. The van der Waals surface area contributed by atoms with Crippen LogP contribution in [-0.2, 0) is 0 Å². The second kappa shape index (κ2) is 4.89. The molecule has 3 nitrogen and oxygen atoms in total. The van der Waals surface area contributed by atoms with E-state index in [1.165, 1.54) is 0 Å². The minimum Gasteiger partial charge on any atom is -0.387 e. The molecule has 2 aromatic rings. The molecule has 0 spiro atoms. The summed E-state index contributed by atoms with van der Waals surface area (Å²) in [6, 6.07) is 7.65. The van der Waals surface area contributed by atoms with Crippen LogP contribution < -0.4 is 0 Å². The van der Waals surface area contributed by atoms with Crippen LogP contribution in [0.5, 0.6) is 0 Å². The number of aliphatic hydroxyl groups excluding tert-OH is 1. The van der Waals surface area contributed by atoms with E-state index in [4.69, 9.17) is 0 Å². The predicted molar refractivity (Wildman–Crippen MR) is 67.1 cm³/mol. The number of aliphatic hydroxyl groups is 1. The normalized spacial score (nSPS) is 12.9. The van der Waals surface area contributed by atoms with Crippen molar-refractivity contribution in [3.05, 3.63) is 34.6 Å². The first-order chi connectivity index (χ1) is 7.72. The van der Waals surface area contributed by atoms with Crippen LogP contribution in [0.3, 0.4) is 0 Å². The molecular weight excluding hydrogens is 268 g/mol. The lowest BCUT2D eigenvalue weighted by atomic mass is 10.1.